The van der Waals surface area contributed by atoms with E-state index in [2.05, 4.69) is 56.3 Å². The molecule has 0 unspecified atom stereocenters. The molecular formula is C23H29NO2. The highest BCUT2D eigenvalue weighted by Gasteiger charge is 2.23. The Morgan fingerprint density at radius 3 is 2.31 bits per heavy atom. The first-order valence-corrected chi connectivity index (χ1v) is 9.66. The summed E-state index contributed by atoms with van der Waals surface area (Å²) in [4.78, 5) is 14.4. The minimum atomic E-state index is 0.0936. The lowest BCUT2D eigenvalue weighted by Gasteiger charge is -2.32. The summed E-state index contributed by atoms with van der Waals surface area (Å²) >= 11 is 0. The van der Waals surface area contributed by atoms with Gasteiger partial charge in [0.15, 0.2) is 6.61 Å². The molecule has 2 aromatic rings. The van der Waals surface area contributed by atoms with E-state index in [1.807, 2.05) is 17.0 Å². The third-order valence-corrected chi connectivity index (χ3v) is 5.24. The molecule has 3 heteroatoms. The second-order valence-corrected chi connectivity index (χ2v) is 7.53. The predicted octanol–water partition coefficient (Wildman–Crippen LogP) is 4.67. The van der Waals surface area contributed by atoms with Crippen molar-refractivity contribution in [3.63, 3.8) is 0 Å². The summed E-state index contributed by atoms with van der Waals surface area (Å²) in [5.74, 6) is 2.03. The van der Waals surface area contributed by atoms with Crippen LogP contribution in [0.15, 0.2) is 54.6 Å². The van der Waals surface area contributed by atoms with Crippen LogP contribution in [0.4, 0.5) is 0 Å². The van der Waals surface area contributed by atoms with Gasteiger partial charge in [-0.25, -0.2) is 0 Å². The number of likely N-dealkylation sites (tertiary alicyclic amines) is 1. The Hall–Kier alpha value is -2.29. The Balaban J connectivity index is 1.42. The second kappa shape index (κ2) is 8.88. The Bertz CT molecular complexity index is 686. The summed E-state index contributed by atoms with van der Waals surface area (Å²) in [7, 11) is 0. The van der Waals surface area contributed by atoms with Crippen LogP contribution in [0.2, 0.25) is 0 Å². The van der Waals surface area contributed by atoms with Gasteiger partial charge in [-0.3, -0.25) is 4.79 Å². The van der Waals surface area contributed by atoms with Gasteiger partial charge < -0.3 is 9.64 Å². The molecule has 1 aliphatic rings. The van der Waals surface area contributed by atoms with E-state index in [0.29, 0.717) is 11.8 Å². The van der Waals surface area contributed by atoms with Crippen molar-refractivity contribution in [3.8, 4) is 5.75 Å². The molecule has 26 heavy (non-hydrogen) atoms. The lowest BCUT2D eigenvalue weighted by Crippen LogP contribution is -2.41. The average molecular weight is 351 g/mol. The maximum atomic E-state index is 12.4. The molecule has 0 radical (unpaired) electrons. The molecule has 3 nitrogen and oxygen atoms in total. The van der Waals surface area contributed by atoms with Crippen LogP contribution in [0.5, 0.6) is 5.75 Å². The zero-order valence-corrected chi connectivity index (χ0v) is 15.9. The SMILES string of the molecule is CC(C)c1ccc(OCC(=O)N2CCC(Cc3ccccc3)CC2)cc1. The van der Waals surface area contributed by atoms with Gasteiger partial charge >= 0.3 is 0 Å². The highest BCUT2D eigenvalue weighted by molar-refractivity contribution is 5.77. The number of ether oxygens (including phenoxy) is 1. The van der Waals surface area contributed by atoms with Gasteiger partial charge in [0.25, 0.3) is 5.91 Å². The third-order valence-electron chi connectivity index (χ3n) is 5.24. The lowest BCUT2D eigenvalue weighted by atomic mass is 9.90. The monoisotopic (exact) mass is 351 g/mol. The number of piperidine rings is 1. The molecule has 0 atom stereocenters. The van der Waals surface area contributed by atoms with Gasteiger partial charge in [-0.05, 0) is 54.4 Å². The van der Waals surface area contributed by atoms with Crippen LogP contribution >= 0.6 is 0 Å². The van der Waals surface area contributed by atoms with E-state index in [4.69, 9.17) is 4.74 Å². The smallest absolute Gasteiger partial charge is 0.260 e. The molecule has 138 valence electrons. The van der Waals surface area contributed by atoms with E-state index in [0.717, 1.165) is 38.1 Å². The minimum absolute atomic E-state index is 0.0936. The summed E-state index contributed by atoms with van der Waals surface area (Å²) in [6.07, 6.45) is 3.26. The molecular weight excluding hydrogens is 322 g/mol. The molecule has 1 aliphatic heterocycles. The zero-order valence-electron chi connectivity index (χ0n) is 15.9. The van der Waals surface area contributed by atoms with Gasteiger partial charge in [0.1, 0.15) is 5.75 Å². The van der Waals surface area contributed by atoms with Gasteiger partial charge in [-0.1, -0.05) is 56.3 Å². The van der Waals surface area contributed by atoms with Gasteiger partial charge in [0.05, 0.1) is 0 Å². The molecule has 0 N–H and O–H groups in total. The second-order valence-electron chi connectivity index (χ2n) is 7.53. The van der Waals surface area contributed by atoms with Crippen LogP contribution < -0.4 is 4.74 Å². The van der Waals surface area contributed by atoms with E-state index >= 15 is 0 Å². The van der Waals surface area contributed by atoms with Crippen LogP contribution in [0.25, 0.3) is 0 Å². The average Bonchev–Trinajstić information content (AvgIpc) is 2.68. The number of amides is 1. The molecule has 1 fully saturated rings. The maximum Gasteiger partial charge on any atom is 0.260 e. The predicted molar refractivity (Wildman–Crippen MR) is 105 cm³/mol. The maximum absolute atomic E-state index is 12.4. The molecule has 0 saturated carbocycles. The highest BCUT2D eigenvalue weighted by Crippen LogP contribution is 2.22. The molecule has 1 saturated heterocycles. The van der Waals surface area contributed by atoms with Crippen LogP contribution in [-0.2, 0) is 11.2 Å². The van der Waals surface area contributed by atoms with E-state index < -0.39 is 0 Å². The van der Waals surface area contributed by atoms with Crippen molar-refractivity contribution in [1.82, 2.24) is 4.90 Å². The van der Waals surface area contributed by atoms with E-state index in [1.54, 1.807) is 0 Å². The van der Waals surface area contributed by atoms with Crippen molar-refractivity contribution in [3.05, 3.63) is 65.7 Å². The molecule has 3 rings (SSSR count). The third kappa shape index (κ3) is 5.10. The fraction of sp³-hybridized carbons (Fsp3) is 0.435. The summed E-state index contributed by atoms with van der Waals surface area (Å²) in [6.45, 7) is 6.14. The standard InChI is InChI=1S/C23H29NO2/c1-18(2)21-8-10-22(11-9-21)26-17-23(25)24-14-12-20(13-15-24)16-19-6-4-3-5-7-19/h3-11,18,20H,12-17H2,1-2H3. The summed E-state index contributed by atoms with van der Waals surface area (Å²) in [5, 5.41) is 0. The van der Waals surface area contributed by atoms with Crippen LogP contribution in [0.1, 0.15) is 43.7 Å². The molecule has 0 spiro atoms. The first-order valence-electron chi connectivity index (χ1n) is 9.66. The number of rotatable bonds is 6. The molecule has 1 heterocycles. The van der Waals surface area contributed by atoms with E-state index in [9.17, 15) is 4.79 Å². The number of benzene rings is 2. The minimum Gasteiger partial charge on any atom is -0.484 e. The van der Waals surface area contributed by atoms with E-state index in [-0.39, 0.29) is 12.5 Å². The van der Waals surface area contributed by atoms with Gasteiger partial charge in [-0.2, -0.15) is 0 Å². The molecule has 0 aliphatic carbocycles. The van der Waals surface area contributed by atoms with Crippen molar-refractivity contribution in [2.75, 3.05) is 19.7 Å². The number of carbonyl (C=O) groups is 1. The zero-order chi connectivity index (χ0) is 18.4. The van der Waals surface area contributed by atoms with Crippen LogP contribution in [0, 0.1) is 5.92 Å². The normalized spacial score (nSPS) is 15.3. The summed E-state index contributed by atoms with van der Waals surface area (Å²) in [6, 6.07) is 18.7. The molecule has 1 amide bonds. The number of hydrogen-bond donors (Lipinski definition) is 0. The lowest BCUT2D eigenvalue weighted by molar-refractivity contribution is -0.134. The Morgan fingerprint density at radius 2 is 1.69 bits per heavy atom. The van der Waals surface area contributed by atoms with Crippen molar-refractivity contribution >= 4 is 5.91 Å². The largest absolute Gasteiger partial charge is 0.484 e. The Kier molecular flexibility index (Phi) is 6.32. The Morgan fingerprint density at radius 1 is 1.04 bits per heavy atom. The highest BCUT2D eigenvalue weighted by atomic mass is 16.5. The molecule has 2 aromatic carbocycles. The fourth-order valence-electron chi connectivity index (χ4n) is 3.52. The van der Waals surface area contributed by atoms with Crippen LogP contribution in [-0.4, -0.2) is 30.5 Å². The first kappa shape index (κ1) is 18.5. The van der Waals surface area contributed by atoms with Crippen molar-refractivity contribution < 1.29 is 9.53 Å². The van der Waals surface area contributed by atoms with Crippen molar-refractivity contribution in [2.45, 2.75) is 39.0 Å². The summed E-state index contributed by atoms with van der Waals surface area (Å²) < 4.78 is 5.69. The van der Waals surface area contributed by atoms with Crippen molar-refractivity contribution in [1.29, 1.82) is 0 Å². The summed E-state index contributed by atoms with van der Waals surface area (Å²) in [5.41, 5.74) is 2.68. The Labute approximate surface area is 157 Å². The number of nitrogens with zero attached hydrogens (tertiary/aromatic N) is 1. The topological polar surface area (TPSA) is 29.5 Å². The van der Waals surface area contributed by atoms with Crippen molar-refractivity contribution in [2.24, 2.45) is 5.92 Å². The fourth-order valence-corrected chi connectivity index (χ4v) is 3.52. The number of carbonyl (C=O) groups excluding carboxylic acids is 1. The quantitative estimate of drug-likeness (QED) is 0.757. The molecule has 0 bridgehead atoms. The van der Waals surface area contributed by atoms with Crippen LogP contribution in [0.3, 0.4) is 0 Å². The molecule has 0 aromatic heterocycles. The van der Waals surface area contributed by atoms with E-state index in [1.165, 1.54) is 11.1 Å². The van der Waals surface area contributed by atoms with Gasteiger partial charge in [-0.15, -0.1) is 0 Å². The number of hydrogen-bond acceptors (Lipinski definition) is 2. The van der Waals surface area contributed by atoms with Gasteiger partial charge in [0, 0.05) is 13.1 Å². The van der Waals surface area contributed by atoms with Gasteiger partial charge in [0.2, 0.25) is 0 Å². The first-order chi connectivity index (χ1) is 12.6.